The van der Waals surface area contributed by atoms with Crippen LogP contribution in [0.1, 0.15) is 13.3 Å². The van der Waals surface area contributed by atoms with E-state index in [4.69, 9.17) is 0 Å². The van der Waals surface area contributed by atoms with Gasteiger partial charge in [-0.1, -0.05) is 98.0 Å². The molecule has 0 heterocycles. The second-order valence-electron chi connectivity index (χ2n) is 6.72. The molecule has 0 saturated heterocycles. The summed E-state index contributed by atoms with van der Waals surface area (Å²) in [6.45, 7) is 6.13. The molecule has 0 radical (unpaired) electrons. The van der Waals surface area contributed by atoms with E-state index in [9.17, 15) is 5.26 Å². The van der Waals surface area contributed by atoms with Gasteiger partial charge in [-0.25, -0.2) is 0 Å². The number of benzene rings is 2. The van der Waals surface area contributed by atoms with Gasteiger partial charge in [0, 0.05) is 5.92 Å². The van der Waals surface area contributed by atoms with Crippen LogP contribution in [0.3, 0.4) is 0 Å². The van der Waals surface area contributed by atoms with Crippen LogP contribution in [-0.2, 0) is 0 Å². The maximum absolute atomic E-state index is 9.57. The zero-order valence-corrected chi connectivity index (χ0v) is 16.0. The van der Waals surface area contributed by atoms with Crippen LogP contribution < -0.4 is 10.6 Å². The maximum atomic E-state index is 9.57. The van der Waals surface area contributed by atoms with Crippen molar-refractivity contribution in [2.24, 2.45) is 11.3 Å². The molecule has 2 aromatic rings. The van der Waals surface area contributed by atoms with Crippen LogP contribution in [0, 0.1) is 22.7 Å². The molecule has 1 aliphatic rings. The Bertz CT molecular complexity index is 776. The smallest absolute Gasteiger partial charge is 0.0968 e. The maximum Gasteiger partial charge on any atom is 0.0968 e. The minimum atomic E-state index is -0.528. The second kappa shape index (κ2) is 8.31. The summed E-state index contributed by atoms with van der Waals surface area (Å²) in [6.07, 6.45) is 11.1. The highest BCUT2D eigenvalue weighted by atomic mass is 31.1. The van der Waals surface area contributed by atoms with Gasteiger partial charge in [-0.3, -0.25) is 0 Å². The fourth-order valence-electron chi connectivity index (χ4n) is 3.47. The largest absolute Gasteiger partial charge is 0.197 e. The van der Waals surface area contributed by atoms with Gasteiger partial charge in [-0.15, -0.1) is 6.58 Å². The lowest BCUT2D eigenvalue weighted by atomic mass is 9.80. The van der Waals surface area contributed by atoms with E-state index in [1.807, 2.05) is 6.08 Å². The van der Waals surface area contributed by atoms with Crippen LogP contribution >= 0.6 is 7.92 Å². The molecule has 0 fully saturated rings. The average Bonchev–Trinajstić information content (AvgIpc) is 2.70. The standard InChI is InChI=1S/C24H24NP/c1-3-16-24(19-25)17-14-21(15-18-24)20(2)26(22-10-6-4-7-11-22)23-12-8-5-9-13-23/h3-15,17-18,20-21H,1,16H2,2H3. The number of hydrogen-bond acceptors (Lipinski definition) is 1. The minimum Gasteiger partial charge on any atom is -0.197 e. The van der Waals surface area contributed by atoms with E-state index >= 15 is 0 Å². The number of rotatable bonds is 6. The molecule has 0 N–H and O–H groups in total. The van der Waals surface area contributed by atoms with Crippen molar-refractivity contribution in [3.05, 3.63) is 97.6 Å². The van der Waals surface area contributed by atoms with E-state index in [0.717, 1.165) is 0 Å². The Labute approximate surface area is 158 Å². The summed E-state index contributed by atoms with van der Waals surface area (Å²) in [6, 6.07) is 24.0. The van der Waals surface area contributed by atoms with Crippen molar-refractivity contribution in [2.75, 3.05) is 0 Å². The molecule has 1 aliphatic carbocycles. The van der Waals surface area contributed by atoms with Crippen LogP contribution in [0.15, 0.2) is 97.6 Å². The number of hydrogen-bond donors (Lipinski definition) is 0. The van der Waals surface area contributed by atoms with Crippen molar-refractivity contribution in [1.82, 2.24) is 0 Å². The van der Waals surface area contributed by atoms with Gasteiger partial charge < -0.3 is 0 Å². The molecule has 0 spiro atoms. The van der Waals surface area contributed by atoms with Crippen LogP contribution in [0.4, 0.5) is 0 Å². The third-order valence-corrected chi connectivity index (χ3v) is 7.82. The van der Waals surface area contributed by atoms with Crippen molar-refractivity contribution >= 4 is 18.5 Å². The van der Waals surface area contributed by atoms with Crippen LogP contribution in [0.25, 0.3) is 0 Å². The Balaban J connectivity index is 1.92. The number of nitrogens with zero attached hydrogens (tertiary/aromatic N) is 1. The Morgan fingerprint density at radius 1 is 1.04 bits per heavy atom. The lowest BCUT2D eigenvalue weighted by Crippen LogP contribution is -2.26. The van der Waals surface area contributed by atoms with Gasteiger partial charge in [-0.05, 0) is 30.6 Å². The highest BCUT2D eigenvalue weighted by Crippen LogP contribution is 2.45. The molecular weight excluding hydrogens is 333 g/mol. The molecule has 1 atom stereocenters. The Morgan fingerprint density at radius 3 is 1.96 bits per heavy atom. The summed E-state index contributed by atoms with van der Waals surface area (Å²) in [4.78, 5) is 0. The third-order valence-electron chi connectivity index (χ3n) is 4.96. The number of nitriles is 1. The van der Waals surface area contributed by atoms with Gasteiger partial charge in [0.15, 0.2) is 0 Å². The van der Waals surface area contributed by atoms with E-state index < -0.39 is 13.3 Å². The molecule has 1 nitrogen and oxygen atoms in total. The average molecular weight is 357 g/mol. The van der Waals surface area contributed by atoms with Gasteiger partial charge in [0.1, 0.15) is 0 Å². The summed E-state index contributed by atoms with van der Waals surface area (Å²) in [5.74, 6) is 0.327. The Hall–Kier alpha value is -2.42. The molecule has 2 heteroatoms. The van der Waals surface area contributed by atoms with Gasteiger partial charge >= 0.3 is 0 Å². The second-order valence-corrected chi connectivity index (χ2v) is 9.31. The zero-order valence-electron chi connectivity index (χ0n) is 15.1. The first-order valence-corrected chi connectivity index (χ1v) is 10.4. The SMILES string of the molecule is C=CCC1(C#N)C=CC(C(C)P(c2ccccc2)c2ccccc2)C=C1. The predicted octanol–water partition coefficient (Wildman–Crippen LogP) is 5.34. The van der Waals surface area contributed by atoms with Crippen molar-refractivity contribution in [1.29, 1.82) is 5.26 Å². The Kier molecular flexibility index (Phi) is 5.87. The normalized spacial score (nSPS) is 22.7. The van der Waals surface area contributed by atoms with E-state index in [1.54, 1.807) is 0 Å². The molecule has 0 saturated carbocycles. The number of allylic oxidation sites excluding steroid dienone is 5. The fourth-order valence-corrected chi connectivity index (χ4v) is 6.24. The molecular formula is C24H24NP. The monoisotopic (exact) mass is 357 g/mol. The first kappa shape index (κ1) is 18.4. The van der Waals surface area contributed by atoms with E-state index in [-0.39, 0.29) is 0 Å². The molecule has 1 unspecified atom stereocenters. The van der Waals surface area contributed by atoms with Crippen molar-refractivity contribution in [3.63, 3.8) is 0 Å². The van der Waals surface area contributed by atoms with Gasteiger partial charge in [0.05, 0.1) is 11.5 Å². The Morgan fingerprint density at radius 2 is 1.54 bits per heavy atom. The molecule has 130 valence electrons. The fraction of sp³-hybridized carbons (Fsp3) is 0.208. The van der Waals surface area contributed by atoms with Crippen molar-refractivity contribution in [3.8, 4) is 6.07 Å². The van der Waals surface area contributed by atoms with Crippen LogP contribution in [0.5, 0.6) is 0 Å². The summed E-state index contributed by atoms with van der Waals surface area (Å²) in [5.41, 5.74) is -0.0806. The van der Waals surface area contributed by atoms with Gasteiger partial charge in [-0.2, -0.15) is 5.26 Å². The molecule has 2 aromatic carbocycles. The summed E-state index contributed by atoms with van der Waals surface area (Å²) in [5, 5.41) is 12.4. The summed E-state index contributed by atoms with van der Waals surface area (Å²) < 4.78 is 0. The molecule has 0 aliphatic heterocycles. The van der Waals surface area contributed by atoms with E-state index in [2.05, 4.69) is 105 Å². The van der Waals surface area contributed by atoms with Crippen molar-refractivity contribution in [2.45, 2.75) is 19.0 Å². The van der Waals surface area contributed by atoms with Crippen LogP contribution in [0.2, 0.25) is 0 Å². The topological polar surface area (TPSA) is 23.8 Å². The summed E-state index contributed by atoms with van der Waals surface area (Å²) in [7, 11) is -0.484. The highest BCUT2D eigenvalue weighted by Gasteiger charge is 2.30. The molecule has 26 heavy (non-hydrogen) atoms. The zero-order chi connectivity index (χ0) is 18.4. The lowest BCUT2D eigenvalue weighted by molar-refractivity contribution is 0.618. The molecule has 0 aromatic heterocycles. The van der Waals surface area contributed by atoms with Crippen LogP contribution in [-0.4, -0.2) is 5.66 Å². The van der Waals surface area contributed by atoms with Gasteiger partial charge in [0.2, 0.25) is 0 Å². The molecule has 0 amide bonds. The van der Waals surface area contributed by atoms with E-state index in [1.165, 1.54) is 10.6 Å². The first-order chi connectivity index (χ1) is 12.7. The quantitative estimate of drug-likeness (QED) is 0.506. The summed E-state index contributed by atoms with van der Waals surface area (Å²) >= 11 is 0. The van der Waals surface area contributed by atoms with Gasteiger partial charge in [0.25, 0.3) is 0 Å². The highest BCUT2D eigenvalue weighted by molar-refractivity contribution is 7.73. The predicted molar refractivity (Wildman–Crippen MR) is 113 cm³/mol. The lowest BCUT2D eigenvalue weighted by Gasteiger charge is -2.32. The molecule has 0 bridgehead atoms. The van der Waals surface area contributed by atoms with Crippen molar-refractivity contribution < 1.29 is 0 Å². The first-order valence-electron chi connectivity index (χ1n) is 8.99. The third kappa shape index (κ3) is 3.87. The van der Waals surface area contributed by atoms with E-state index in [0.29, 0.717) is 18.0 Å². The molecule has 3 rings (SSSR count). The minimum absolute atomic E-state index is 0.327.